The Labute approximate surface area is 102 Å². The predicted octanol–water partition coefficient (Wildman–Crippen LogP) is 4.17. The molecule has 3 heteroatoms. The van der Waals surface area contributed by atoms with E-state index in [2.05, 4.69) is 15.9 Å². The summed E-state index contributed by atoms with van der Waals surface area (Å²) in [7, 11) is 0. The number of hydrogen-bond donors (Lipinski definition) is 0. The van der Waals surface area contributed by atoms with Crippen LogP contribution < -0.4 is 4.74 Å². The molecule has 0 heterocycles. The van der Waals surface area contributed by atoms with Crippen molar-refractivity contribution < 1.29 is 9.13 Å². The van der Waals surface area contributed by atoms with Crippen molar-refractivity contribution in [2.45, 2.75) is 6.61 Å². The fraction of sp³-hybridized carbons (Fsp3) is 0.0769. The van der Waals surface area contributed by atoms with E-state index in [9.17, 15) is 4.39 Å². The second-order valence-electron chi connectivity index (χ2n) is 3.33. The van der Waals surface area contributed by atoms with Gasteiger partial charge in [0.1, 0.15) is 6.61 Å². The summed E-state index contributed by atoms with van der Waals surface area (Å²) in [5.74, 6) is -0.100. The number of halogens is 2. The quantitative estimate of drug-likeness (QED) is 0.820. The molecule has 82 valence electrons. The van der Waals surface area contributed by atoms with Gasteiger partial charge in [0.15, 0.2) is 11.6 Å². The van der Waals surface area contributed by atoms with E-state index in [0.717, 1.165) is 5.56 Å². The highest BCUT2D eigenvalue weighted by Gasteiger charge is 2.07. The van der Waals surface area contributed by atoms with Gasteiger partial charge in [-0.1, -0.05) is 36.4 Å². The van der Waals surface area contributed by atoms with E-state index < -0.39 is 0 Å². The maximum atomic E-state index is 13.4. The Hall–Kier alpha value is -1.35. The average molecular weight is 281 g/mol. The maximum absolute atomic E-state index is 13.4. The van der Waals surface area contributed by atoms with Crippen molar-refractivity contribution in [2.75, 3.05) is 0 Å². The van der Waals surface area contributed by atoms with Crippen LogP contribution in [0.3, 0.4) is 0 Å². The molecule has 0 aromatic heterocycles. The Kier molecular flexibility index (Phi) is 3.57. The zero-order valence-corrected chi connectivity index (χ0v) is 10.1. The molecule has 0 fully saturated rings. The molecule has 0 N–H and O–H groups in total. The van der Waals surface area contributed by atoms with Gasteiger partial charge >= 0.3 is 0 Å². The van der Waals surface area contributed by atoms with E-state index in [4.69, 9.17) is 4.74 Å². The zero-order chi connectivity index (χ0) is 11.4. The van der Waals surface area contributed by atoms with Gasteiger partial charge in [-0.3, -0.25) is 0 Å². The minimum atomic E-state index is -0.356. The van der Waals surface area contributed by atoms with Crippen LogP contribution in [0.15, 0.2) is 53.0 Å². The fourth-order valence-electron chi connectivity index (χ4n) is 1.35. The summed E-state index contributed by atoms with van der Waals surface area (Å²) in [6.07, 6.45) is 0. The van der Waals surface area contributed by atoms with Crippen LogP contribution in [0.1, 0.15) is 5.56 Å². The second kappa shape index (κ2) is 5.12. The third kappa shape index (κ3) is 2.61. The van der Waals surface area contributed by atoms with Crippen molar-refractivity contribution in [3.63, 3.8) is 0 Å². The van der Waals surface area contributed by atoms with Crippen LogP contribution in [0.25, 0.3) is 0 Å². The van der Waals surface area contributed by atoms with Crippen LogP contribution in [0, 0.1) is 5.82 Å². The summed E-state index contributed by atoms with van der Waals surface area (Å²) in [5.41, 5.74) is 1.01. The summed E-state index contributed by atoms with van der Waals surface area (Å²) in [4.78, 5) is 0. The summed E-state index contributed by atoms with van der Waals surface area (Å²) >= 11 is 3.26. The van der Waals surface area contributed by atoms with Crippen molar-refractivity contribution in [2.24, 2.45) is 0 Å². The van der Waals surface area contributed by atoms with Crippen LogP contribution in [0.2, 0.25) is 0 Å². The largest absolute Gasteiger partial charge is 0.485 e. The van der Waals surface area contributed by atoms with E-state index in [0.29, 0.717) is 11.1 Å². The van der Waals surface area contributed by atoms with Gasteiger partial charge in [0.25, 0.3) is 0 Å². The smallest absolute Gasteiger partial charge is 0.169 e. The molecule has 0 aliphatic rings. The highest BCUT2D eigenvalue weighted by Crippen LogP contribution is 2.28. The van der Waals surface area contributed by atoms with Crippen LogP contribution in [0.5, 0.6) is 5.75 Å². The molecule has 0 atom stereocenters. The monoisotopic (exact) mass is 280 g/mol. The number of ether oxygens (including phenoxy) is 1. The van der Waals surface area contributed by atoms with Crippen molar-refractivity contribution in [3.8, 4) is 5.75 Å². The topological polar surface area (TPSA) is 9.23 Å². The van der Waals surface area contributed by atoms with Crippen molar-refractivity contribution in [3.05, 3.63) is 64.4 Å². The number of para-hydroxylation sites is 1. The molecular weight excluding hydrogens is 271 g/mol. The lowest BCUT2D eigenvalue weighted by molar-refractivity contribution is 0.288. The van der Waals surface area contributed by atoms with Gasteiger partial charge < -0.3 is 4.74 Å². The lowest BCUT2D eigenvalue weighted by Crippen LogP contribution is -1.97. The molecule has 0 saturated heterocycles. The van der Waals surface area contributed by atoms with Crippen molar-refractivity contribution in [1.82, 2.24) is 0 Å². The minimum Gasteiger partial charge on any atom is -0.485 e. The Balaban J connectivity index is 2.11. The van der Waals surface area contributed by atoms with Gasteiger partial charge in [0.2, 0.25) is 0 Å². The first-order valence-electron chi connectivity index (χ1n) is 4.88. The Morgan fingerprint density at radius 2 is 1.75 bits per heavy atom. The van der Waals surface area contributed by atoms with E-state index in [1.54, 1.807) is 12.1 Å². The van der Waals surface area contributed by atoms with Crippen molar-refractivity contribution in [1.29, 1.82) is 0 Å². The maximum Gasteiger partial charge on any atom is 0.169 e. The third-order valence-electron chi connectivity index (χ3n) is 2.14. The van der Waals surface area contributed by atoms with Crippen LogP contribution in [-0.2, 0) is 6.61 Å². The van der Waals surface area contributed by atoms with Crippen molar-refractivity contribution >= 4 is 15.9 Å². The standard InChI is InChI=1S/C13H10BrFO/c14-11-7-4-8-12(15)13(11)16-9-10-5-2-1-3-6-10/h1-8H,9H2. The third-order valence-corrected chi connectivity index (χ3v) is 2.77. The highest BCUT2D eigenvalue weighted by molar-refractivity contribution is 9.10. The van der Waals surface area contributed by atoms with Gasteiger partial charge in [0, 0.05) is 0 Å². The van der Waals surface area contributed by atoms with Crippen LogP contribution in [-0.4, -0.2) is 0 Å². The Bertz CT molecular complexity index is 450. The lowest BCUT2D eigenvalue weighted by atomic mass is 10.2. The fourth-order valence-corrected chi connectivity index (χ4v) is 1.81. The van der Waals surface area contributed by atoms with Crippen LogP contribution >= 0.6 is 15.9 Å². The molecule has 0 aliphatic carbocycles. The Morgan fingerprint density at radius 3 is 2.44 bits per heavy atom. The zero-order valence-electron chi connectivity index (χ0n) is 8.49. The highest BCUT2D eigenvalue weighted by atomic mass is 79.9. The lowest BCUT2D eigenvalue weighted by Gasteiger charge is -2.08. The molecule has 0 radical (unpaired) electrons. The average Bonchev–Trinajstić information content (AvgIpc) is 2.30. The SMILES string of the molecule is Fc1cccc(Br)c1OCc1ccccc1. The molecule has 2 aromatic carbocycles. The molecule has 2 aromatic rings. The summed E-state index contributed by atoms with van der Waals surface area (Å²) < 4.78 is 19.5. The van der Waals surface area contributed by atoms with E-state index in [1.807, 2.05) is 30.3 Å². The van der Waals surface area contributed by atoms with E-state index in [-0.39, 0.29) is 11.6 Å². The second-order valence-corrected chi connectivity index (χ2v) is 4.18. The molecule has 0 amide bonds. The molecular formula is C13H10BrFO. The summed E-state index contributed by atoms with van der Waals surface area (Å²) in [5, 5.41) is 0. The van der Waals surface area contributed by atoms with Gasteiger partial charge in [0.05, 0.1) is 4.47 Å². The molecule has 0 unspecified atom stereocenters. The predicted molar refractivity (Wildman–Crippen MR) is 64.9 cm³/mol. The summed E-state index contributed by atoms with van der Waals surface area (Å²) in [6, 6.07) is 14.4. The molecule has 1 nitrogen and oxygen atoms in total. The first kappa shape index (κ1) is 11.1. The molecule has 0 saturated carbocycles. The van der Waals surface area contributed by atoms with E-state index >= 15 is 0 Å². The normalized spacial score (nSPS) is 10.1. The van der Waals surface area contributed by atoms with Gasteiger partial charge in [-0.05, 0) is 33.6 Å². The van der Waals surface area contributed by atoms with Gasteiger partial charge in [-0.15, -0.1) is 0 Å². The van der Waals surface area contributed by atoms with Gasteiger partial charge in [-0.2, -0.15) is 0 Å². The molecule has 2 rings (SSSR count). The Morgan fingerprint density at radius 1 is 1.00 bits per heavy atom. The molecule has 16 heavy (non-hydrogen) atoms. The molecule has 0 aliphatic heterocycles. The number of benzene rings is 2. The van der Waals surface area contributed by atoms with E-state index in [1.165, 1.54) is 6.07 Å². The minimum absolute atomic E-state index is 0.256. The first-order chi connectivity index (χ1) is 7.77. The van der Waals surface area contributed by atoms with Gasteiger partial charge in [-0.25, -0.2) is 4.39 Å². The number of rotatable bonds is 3. The summed E-state index contributed by atoms with van der Waals surface area (Å²) in [6.45, 7) is 0.361. The molecule has 0 bridgehead atoms. The van der Waals surface area contributed by atoms with Crippen LogP contribution in [0.4, 0.5) is 4.39 Å². The first-order valence-corrected chi connectivity index (χ1v) is 5.67. The molecule has 0 spiro atoms. The number of hydrogen-bond acceptors (Lipinski definition) is 1.